The zero-order valence-electron chi connectivity index (χ0n) is 17.8. The zero-order valence-corrected chi connectivity index (χ0v) is 18.7. The third-order valence-corrected chi connectivity index (χ3v) is 4.41. The van der Waals surface area contributed by atoms with E-state index >= 15 is 0 Å². The molecule has 0 saturated heterocycles. The van der Waals surface area contributed by atoms with Gasteiger partial charge in [-0.25, -0.2) is 4.79 Å². The van der Waals surface area contributed by atoms with Gasteiger partial charge in [0, 0.05) is 18.6 Å². The lowest BCUT2D eigenvalue weighted by molar-refractivity contribution is -0.147. The van der Waals surface area contributed by atoms with Gasteiger partial charge in [0.05, 0.1) is 13.7 Å². The number of amides is 3. The number of carbonyl (C=O) groups excluding carboxylic acids is 5. The highest BCUT2D eigenvalue weighted by molar-refractivity contribution is 7.80. The predicted octanol–water partition coefficient (Wildman–Crippen LogP) is 0.0986. The highest BCUT2D eigenvalue weighted by Gasteiger charge is 2.25. The number of methoxy groups -OCH3 is 1. The molecule has 0 aromatic carbocycles. The smallest absolute Gasteiger partial charge is 0.328 e. The summed E-state index contributed by atoms with van der Waals surface area (Å²) in [7, 11) is 1.19. The summed E-state index contributed by atoms with van der Waals surface area (Å²) in [4.78, 5) is 59.4. The SMILES string of the molecule is CCCCCC(=O)N[C@@H](CCC(=O)NC(CS)C(=O)NCC(=O)OC)C(=O)OCC. The van der Waals surface area contributed by atoms with Crippen molar-refractivity contribution < 1.29 is 33.4 Å². The Hall–Kier alpha value is -2.30. The van der Waals surface area contributed by atoms with Crippen LogP contribution < -0.4 is 16.0 Å². The Morgan fingerprint density at radius 3 is 2.13 bits per heavy atom. The van der Waals surface area contributed by atoms with Gasteiger partial charge in [-0.3, -0.25) is 19.2 Å². The molecule has 0 aromatic heterocycles. The van der Waals surface area contributed by atoms with E-state index in [0.717, 1.165) is 12.8 Å². The van der Waals surface area contributed by atoms with Gasteiger partial charge in [0.25, 0.3) is 0 Å². The quantitative estimate of drug-likeness (QED) is 0.159. The van der Waals surface area contributed by atoms with Crippen molar-refractivity contribution in [3.05, 3.63) is 0 Å². The molecule has 30 heavy (non-hydrogen) atoms. The van der Waals surface area contributed by atoms with Crippen LogP contribution >= 0.6 is 12.6 Å². The second-order valence-corrected chi connectivity index (χ2v) is 6.83. The Bertz CT molecular complexity index is 586. The van der Waals surface area contributed by atoms with Crippen molar-refractivity contribution >= 4 is 42.3 Å². The summed E-state index contributed by atoms with van der Waals surface area (Å²) in [6.45, 7) is 3.49. The van der Waals surface area contributed by atoms with Crippen LogP contribution in [0.3, 0.4) is 0 Å². The Morgan fingerprint density at radius 1 is 0.933 bits per heavy atom. The van der Waals surface area contributed by atoms with Gasteiger partial charge in [-0.15, -0.1) is 0 Å². The molecule has 0 aliphatic carbocycles. The number of hydrogen-bond acceptors (Lipinski definition) is 8. The van der Waals surface area contributed by atoms with Crippen molar-refractivity contribution in [3.63, 3.8) is 0 Å². The number of nitrogens with one attached hydrogen (secondary N) is 3. The van der Waals surface area contributed by atoms with Gasteiger partial charge >= 0.3 is 11.9 Å². The molecule has 0 rings (SSSR count). The first kappa shape index (κ1) is 27.7. The highest BCUT2D eigenvalue weighted by Crippen LogP contribution is 2.05. The fourth-order valence-electron chi connectivity index (χ4n) is 2.38. The van der Waals surface area contributed by atoms with Crippen LogP contribution in [0.25, 0.3) is 0 Å². The van der Waals surface area contributed by atoms with E-state index in [-0.39, 0.29) is 44.1 Å². The van der Waals surface area contributed by atoms with E-state index in [1.165, 1.54) is 7.11 Å². The van der Waals surface area contributed by atoms with Crippen molar-refractivity contribution in [2.45, 2.75) is 64.5 Å². The van der Waals surface area contributed by atoms with Crippen molar-refractivity contribution in [3.8, 4) is 0 Å². The molecule has 0 fully saturated rings. The topological polar surface area (TPSA) is 140 Å². The molecule has 0 heterocycles. The van der Waals surface area contributed by atoms with Crippen LogP contribution in [0.1, 0.15) is 52.4 Å². The summed E-state index contributed by atoms with van der Waals surface area (Å²) in [5.41, 5.74) is 0. The van der Waals surface area contributed by atoms with E-state index in [9.17, 15) is 24.0 Å². The van der Waals surface area contributed by atoms with E-state index in [2.05, 4.69) is 33.3 Å². The van der Waals surface area contributed by atoms with Gasteiger partial charge in [-0.1, -0.05) is 19.8 Å². The van der Waals surface area contributed by atoms with Gasteiger partial charge in [0.2, 0.25) is 17.7 Å². The number of hydrogen-bond donors (Lipinski definition) is 4. The lowest BCUT2D eigenvalue weighted by Crippen LogP contribution is -2.49. The van der Waals surface area contributed by atoms with Gasteiger partial charge in [-0.2, -0.15) is 12.6 Å². The molecule has 0 bridgehead atoms. The van der Waals surface area contributed by atoms with Crippen molar-refractivity contribution in [1.29, 1.82) is 0 Å². The van der Waals surface area contributed by atoms with Crippen LogP contribution in [0, 0.1) is 0 Å². The molecule has 0 saturated carbocycles. The van der Waals surface area contributed by atoms with Crippen molar-refractivity contribution in [2.24, 2.45) is 0 Å². The summed E-state index contributed by atoms with van der Waals surface area (Å²) in [5, 5.41) is 7.42. The third-order valence-electron chi connectivity index (χ3n) is 4.04. The number of thiol groups is 1. The summed E-state index contributed by atoms with van der Waals surface area (Å²) < 4.78 is 9.39. The van der Waals surface area contributed by atoms with Crippen LogP contribution in [0.4, 0.5) is 0 Å². The van der Waals surface area contributed by atoms with Gasteiger partial charge < -0.3 is 25.4 Å². The second-order valence-electron chi connectivity index (χ2n) is 6.46. The maximum Gasteiger partial charge on any atom is 0.328 e. The molecule has 3 amide bonds. The standard InChI is InChI=1S/C19H33N3O7S/c1-4-6-7-8-15(23)21-13(19(27)29-5-2)9-10-16(24)22-14(12-30)18(26)20-11-17(25)28-3/h13-14,30H,4-12H2,1-3H3,(H,20,26)(H,21,23)(H,22,24)/t13-,14?/m0/s1. The number of esters is 2. The average Bonchev–Trinajstić information content (AvgIpc) is 2.73. The molecule has 3 N–H and O–H groups in total. The molecule has 0 radical (unpaired) electrons. The number of unbranched alkanes of at least 4 members (excludes halogenated alkanes) is 2. The fraction of sp³-hybridized carbons (Fsp3) is 0.737. The van der Waals surface area contributed by atoms with Crippen LogP contribution in [-0.4, -0.2) is 67.8 Å². The van der Waals surface area contributed by atoms with E-state index in [0.29, 0.717) is 6.42 Å². The monoisotopic (exact) mass is 447 g/mol. The minimum absolute atomic E-state index is 0.00815. The van der Waals surface area contributed by atoms with E-state index in [1.54, 1.807) is 6.92 Å². The van der Waals surface area contributed by atoms with E-state index in [1.807, 2.05) is 6.92 Å². The molecule has 11 heteroatoms. The lowest BCUT2D eigenvalue weighted by atomic mass is 10.1. The van der Waals surface area contributed by atoms with Gasteiger partial charge in [0.15, 0.2) is 0 Å². The minimum Gasteiger partial charge on any atom is -0.468 e. The molecular weight excluding hydrogens is 414 g/mol. The summed E-state index contributed by atoms with van der Waals surface area (Å²) in [6.07, 6.45) is 2.78. The summed E-state index contributed by atoms with van der Waals surface area (Å²) >= 11 is 4.03. The van der Waals surface area contributed by atoms with Crippen molar-refractivity contribution in [1.82, 2.24) is 16.0 Å². The van der Waals surface area contributed by atoms with Gasteiger partial charge in [-0.05, 0) is 19.8 Å². The molecular formula is C19H33N3O7S. The van der Waals surface area contributed by atoms with Gasteiger partial charge in [0.1, 0.15) is 18.6 Å². The second kappa shape index (κ2) is 16.5. The maximum absolute atomic E-state index is 12.2. The highest BCUT2D eigenvalue weighted by atomic mass is 32.1. The fourth-order valence-corrected chi connectivity index (χ4v) is 2.64. The normalized spacial score (nSPS) is 12.3. The summed E-state index contributed by atoms with van der Waals surface area (Å²) in [5.74, 6) is -2.60. The van der Waals surface area contributed by atoms with Crippen LogP contribution in [0.5, 0.6) is 0 Å². The lowest BCUT2D eigenvalue weighted by Gasteiger charge is -2.19. The molecule has 1 unspecified atom stereocenters. The zero-order chi connectivity index (χ0) is 22.9. The first-order chi connectivity index (χ1) is 14.3. The first-order valence-electron chi connectivity index (χ1n) is 9.99. The molecule has 10 nitrogen and oxygen atoms in total. The molecule has 0 aliphatic rings. The third kappa shape index (κ3) is 12.3. The maximum atomic E-state index is 12.2. The summed E-state index contributed by atoms with van der Waals surface area (Å²) in [6, 6.07) is -1.91. The van der Waals surface area contributed by atoms with Crippen LogP contribution in [-0.2, 0) is 33.4 Å². The number of rotatable bonds is 15. The molecule has 172 valence electrons. The Labute approximate surface area is 182 Å². The molecule has 0 aromatic rings. The van der Waals surface area contributed by atoms with Crippen LogP contribution in [0.15, 0.2) is 0 Å². The first-order valence-corrected chi connectivity index (χ1v) is 10.6. The molecule has 0 aliphatic heterocycles. The largest absolute Gasteiger partial charge is 0.468 e. The average molecular weight is 448 g/mol. The number of ether oxygens (including phenoxy) is 2. The number of carbonyl (C=O) groups is 5. The minimum atomic E-state index is -0.963. The van der Waals surface area contributed by atoms with E-state index < -0.39 is 35.8 Å². The van der Waals surface area contributed by atoms with Crippen molar-refractivity contribution in [2.75, 3.05) is 26.0 Å². The Balaban J connectivity index is 4.69. The predicted molar refractivity (Wildman–Crippen MR) is 113 cm³/mol. The molecule has 0 spiro atoms. The Morgan fingerprint density at radius 2 is 1.57 bits per heavy atom. The Kier molecular flexibility index (Phi) is 15.2. The van der Waals surface area contributed by atoms with E-state index in [4.69, 9.17) is 4.74 Å². The van der Waals surface area contributed by atoms with Crippen LogP contribution in [0.2, 0.25) is 0 Å². The molecule has 2 atom stereocenters.